The van der Waals surface area contributed by atoms with Crippen LogP contribution in [0.4, 0.5) is 0 Å². The first-order valence-electron chi connectivity index (χ1n) is 6.54. The van der Waals surface area contributed by atoms with Gasteiger partial charge >= 0.3 is 0 Å². The zero-order chi connectivity index (χ0) is 13.7. The van der Waals surface area contributed by atoms with E-state index in [-0.39, 0.29) is 0 Å². The number of hydrogen-bond donors (Lipinski definition) is 1. The lowest BCUT2D eigenvalue weighted by atomic mass is 10.0. The number of methoxy groups -OCH3 is 1. The summed E-state index contributed by atoms with van der Waals surface area (Å²) in [4.78, 5) is 2.31. The maximum Gasteiger partial charge on any atom is 0.123 e. The quantitative estimate of drug-likeness (QED) is 0.840. The van der Waals surface area contributed by atoms with Crippen LogP contribution < -0.4 is 10.1 Å². The third kappa shape index (κ3) is 3.72. The molecule has 0 aliphatic carbocycles. The predicted octanol–water partition coefficient (Wildman–Crippen LogP) is 2.82. The molecule has 1 N–H and O–H groups in total. The van der Waals surface area contributed by atoms with Gasteiger partial charge in [0.15, 0.2) is 0 Å². The molecule has 3 nitrogen and oxygen atoms in total. The Labute approximate surface area is 111 Å². The van der Waals surface area contributed by atoms with Crippen molar-refractivity contribution in [3.05, 3.63) is 29.3 Å². The third-order valence-electron chi connectivity index (χ3n) is 3.54. The van der Waals surface area contributed by atoms with E-state index in [9.17, 15) is 0 Å². The van der Waals surface area contributed by atoms with Crippen LogP contribution in [-0.4, -0.2) is 32.1 Å². The fraction of sp³-hybridized carbons (Fsp3) is 0.600. The molecule has 1 aromatic carbocycles. The number of nitrogens with one attached hydrogen (secondary N) is 1. The van der Waals surface area contributed by atoms with Crippen LogP contribution >= 0.6 is 0 Å². The van der Waals surface area contributed by atoms with Crippen molar-refractivity contribution in [3.8, 4) is 5.75 Å². The van der Waals surface area contributed by atoms with Crippen LogP contribution in [0.2, 0.25) is 0 Å². The van der Waals surface area contributed by atoms with Crippen LogP contribution in [0, 0.1) is 0 Å². The van der Waals surface area contributed by atoms with Crippen molar-refractivity contribution in [2.75, 3.05) is 21.2 Å². The second-order valence-electron chi connectivity index (χ2n) is 5.09. The van der Waals surface area contributed by atoms with Crippen LogP contribution in [-0.2, 0) is 6.54 Å². The Morgan fingerprint density at radius 1 is 1.28 bits per heavy atom. The molecule has 0 saturated carbocycles. The molecule has 1 aromatic rings. The highest BCUT2D eigenvalue weighted by molar-refractivity contribution is 5.38. The lowest BCUT2D eigenvalue weighted by molar-refractivity contribution is 0.261. The number of rotatable bonds is 6. The van der Waals surface area contributed by atoms with E-state index < -0.39 is 0 Å². The Morgan fingerprint density at radius 2 is 1.94 bits per heavy atom. The van der Waals surface area contributed by atoms with Gasteiger partial charge in [-0.3, -0.25) is 4.90 Å². The molecule has 0 bridgehead atoms. The van der Waals surface area contributed by atoms with E-state index in [0.717, 1.165) is 12.3 Å². The minimum Gasteiger partial charge on any atom is -0.496 e. The fourth-order valence-corrected chi connectivity index (χ4v) is 1.81. The van der Waals surface area contributed by atoms with Crippen molar-refractivity contribution in [1.82, 2.24) is 10.2 Å². The van der Waals surface area contributed by atoms with Crippen LogP contribution in [0.15, 0.2) is 18.2 Å². The fourth-order valence-electron chi connectivity index (χ4n) is 1.81. The van der Waals surface area contributed by atoms with E-state index in [1.807, 2.05) is 7.05 Å². The van der Waals surface area contributed by atoms with Crippen LogP contribution in [0.5, 0.6) is 5.75 Å². The van der Waals surface area contributed by atoms with E-state index in [1.54, 1.807) is 7.11 Å². The van der Waals surface area contributed by atoms with Gasteiger partial charge in [0.1, 0.15) is 5.75 Å². The topological polar surface area (TPSA) is 24.5 Å². The van der Waals surface area contributed by atoms with E-state index in [2.05, 4.69) is 56.2 Å². The van der Waals surface area contributed by atoms with Gasteiger partial charge in [0.2, 0.25) is 0 Å². The summed E-state index contributed by atoms with van der Waals surface area (Å²) in [6, 6.07) is 7.31. The minimum atomic E-state index is 0.360. The van der Waals surface area contributed by atoms with Crippen molar-refractivity contribution in [1.29, 1.82) is 0 Å². The first-order valence-corrected chi connectivity index (χ1v) is 6.54. The molecular weight excluding hydrogens is 224 g/mol. The Bertz CT molecular complexity index is 377. The summed E-state index contributed by atoms with van der Waals surface area (Å²) in [7, 11) is 5.85. The van der Waals surface area contributed by atoms with Crippen LogP contribution in [0.3, 0.4) is 0 Å². The van der Waals surface area contributed by atoms with Gasteiger partial charge < -0.3 is 10.1 Å². The summed E-state index contributed by atoms with van der Waals surface area (Å²) in [5.41, 5.74) is 2.54. The maximum atomic E-state index is 5.45. The van der Waals surface area contributed by atoms with Crippen molar-refractivity contribution < 1.29 is 4.74 Å². The zero-order valence-corrected chi connectivity index (χ0v) is 12.4. The normalized spacial score (nSPS) is 13.1. The molecule has 1 unspecified atom stereocenters. The summed E-state index contributed by atoms with van der Waals surface area (Å²) < 4.78 is 5.45. The monoisotopic (exact) mass is 250 g/mol. The molecule has 0 spiro atoms. The Kier molecular flexibility index (Phi) is 5.63. The summed E-state index contributed by atoms with van der Waals surface area (Å²) in [5, 5.41) is 3.27. The summed E-state index contributed by atoms with van der Waals surface area (Å²) in [5.74, 6) is 0.967. The van der Waals surface area contributed by atoms with Crippen LogP contribution in [0.1, 0.15) is 37.9 Å². The molecular formula is C15H26N2O. The molecule has 3 heteroatoms. The Balaban J connectivity index is 2.98. The average molecular weight is 250 g/mol. The molecule has 0 saturated heterocycles. The van der Waals surface area contributed by atoms with Gasteiger partial charge in [-0.05, 0) is 52.6 Å². The SMILES string of the molecule is CNC(C)c1ccc(OC)c(CN(C)C(C)C)c1. The second-order valence-corrected chi connectivity index (χ2v) is 5.09. The van der Waals surface area contributed by atoms with E-state index in [1.165, 1.54) is 11.1 Å². The smallest absolute Gasteiger partial charge is 0.123 e. The summed E-state index contributed by atoms with van der Waals surface area (Å²) >= 11 is 0. The molecule has 0 heterocycles. The van der Waals surface area contributed by atoms with Gasteiger partial charge in [-0.15, -0.1) is 0 Å². The highest BCUT2D eigenvalue weighted by Gasteiger charge is 2.11. The van der Waals surface area contributed by atoms with Crippen molar-refractivity contribution in [2.45, 2.75) is 39.4 Å². The Hall–Kier alpha value is -1.06. The maximum absolute atomic E-state index is 5.45. The first-order chi connectivity index (χ1) is 8.49. The number of benzene rings is 1. The standard InChI is InChI=1S/C15H26N2O/c1-11(2)17(5)10-14-9-13(12(3)16-4)7-8-15(14)18-6/h7-9,11-12,16H,10H2,1-6H3. The minimum absolute atomic E-state index is 0.360. The van der Waals surface area contributed by atoms with Crippen molar-refractivity contribution >= 4 is 0 Å². The van der Waals surface area contributed by atoms with Gasteiger partial charge in [-0.1, -0.05) is 6.07 Å². The predicted molar refractivity (Wildman–Crippen MR) is 77.1 cm³/mol. The molecule has 0 aliphatic heterocycles. The lowest BCUT2D eigenvalue weighted by Gasteiger charge is -2.23. The zero-order valence-electron chi connectivity index (χ0n) is 12.4. The second kappa shape index (κ2) is 6.76. The molecule has 18 heavy (non-hydrogen) atoms. The molecule has 0 fully saturated rings. The van der Waals surface area contributed by atoms with E-state index >= 15 is 0 Å². The van der Waals surface area contributed by atoms with E-state index in [4.69, 9.17) is 4.74 Å². The molecule has 102 valence electrons. The summed E-state index contributed by atoms with van der Waals surface area (Å²) in [6.45, 7) is 7.47. The Morgan fingerprint density at radius 3 is 2.44 bits per heavy atom. The van der Waals surface area contributed by atoms with Gasteiger partial charge in [-0.25, -0.2) is 0 Å². The van der Waals surface area contributed by atoms with Gasteiger partial charge in [-0.2, -0.15) is 0 Å². The summed E-state index contributed by atoms with van der Waals surface area (Å²) in [6.07, 6.45) is 0. The molecule has 1 atom stereocenters. The van der Waals surface area contributed by atoms with Crippen LogP contribution in [0.25, 0.3) is 0 Å². The number of ether oxygens (including phenoxy) is 1. The third-order valence-corrected chi connectivity index (χ3v) is 3.54. The van der Waals surface area contributed by atoms with Gasteiger partial charge in [0.25, 0.3) is 0 Å². The van der Waals surface area contributed by atoms with Gasteiger partial charge in [0, 0.05) is 24.2 Å². The highest BCUT2D eigenvalue weighted by Crippen LogP contribution is 2.24. The molecule has 0 amide bonds. The van der Waals surface area contributed by atoms with E-state index in [0.29, 0.717) is 12.1 Å². The van der Waals surface area contributed by atoms with Gasteiger partial charge in [0.05, 0.1) is 7.11 Å². The molecule has 0 radical (unpaired) electrons. The number of nitrogens with zero attached hydrogens (tertiary/aromatic N) is 1. The molecule has 0 aromatic heterocycles. The molecule has 1 rings (SSSR count). The largest absolute Gasteiger partial charge is 0.496 e. The number of hydrogen-bond acceptors (Lipinski definition) is 3. The average Bonchev–Trinajstić information content (AvgIpc) is 2.37. The first kappa shape index (κ1) is 15.0. The lowest BCUT2D eigenvalue weighted by Crippen LogP contribution is -2.26. The highest BCUT2D eigenvalue weighted by atomic mass is 16.5. The van der Waals surface area contributed by atoms with Crippen molar-refractivity contribution in [3.63, 3.8) is 0 Å². The van der Waals surface area contributed by atoms with Crippen molar-refractivity contribution in [2.24, 2.45) is 0 Å². The molecule has 0 aliphatic rings.